The molecule has 1 aromatic carbocycles. The molecule has 2 aromatic rings. The number of carbonyl (C=O) groups excluding carboxylic acids is 2. The number of aryl methyl sites for hydroxylation is 1. The van der Waals surface area contributed by atoms with Gasteiger partial charge in [0.15, 0.2) is 5.82 Å². The number of hydrogen-bond donors (Lipinski definition) is 1. The number of carbonyl (C=O) groups is 2. The van der Waals surface area contributed by atoms with Crippen LogP contribution in [0.3, 0.4) is 0 Å². The predicted octanol–water partition coefficient (Wildman–Crippen LogP) is 2.51. The van der Waals surface area contributed by atoms with Gasteiger partial charge in [-0.1, -0.05) is 30.3 Å². The van der Waals surface area contributed by atoms with E-state index in [4.69, 9.17) is 4.52 Å². The molecule has 1 fully saturated rings. The molecule has 2 heterocycles. The van der Waals surface area contributed by atoms with Gasteiger partial charge in [0.25, 0.3) is 5.91 Å². The maximum Gasteiger partial charge on any atom is 0.254 e. The van der Waals surface area contributed by atoms with Gasteiger partial charge in [0.05, 0.1) is 6.04 Å². The molecule has 7 heteroatoms. The molecule has 0 radical (unpaired) electrons. The molecule has 1 aromatic heterocycles. The van der Waals surface area contributed by atoms with Crippen LogP contribution in [-0.4, -0.2) is 39.9 Å². The SMILES string of the molecule is CCCNC(=O)CCc1nc(C2CCCN2C(=O)c2ccccc2)no1. The van der Waals surface area contributed by atoms with Crippen LogP contribution < -0.4 is 5.32 Å². The van der Waals surface area contributed by atoms with Crippen molar-refractivity contribution in [3.63, 3.8) is 0 Å². The van der Waals surface area contributed by atoms with Crippen LogP contribution in [-0.2, 0) is 11.2 Å². The fraction of sp³-hybridized carbons (Fsp3) is 0.474. The molecular formula is C19H24N4O3. The van der Waals surface area contributed by atoms with E-state index in [9.17, 15) is 9.59 Å². The van der Waals surface area contributed by atoms with Crippen molar-refractivity contribution in [1.82, 2.24) is 20.4 Å². The van der Waals surface area contributed by atoms with Crippen molar-refractivity contribution in [3.8, 4) is 0 Å². The molecule has 1 N–H and O–H groups in total. The van der Waals surface area contributed by atoms with Crippen molar-refractivity contribution in [2.24, 2.45) is 0 Å². The number of hydrogen-bond acceptors (Lipinski definition) is 5. The zero-order chi connectivity index (χ0) is 18.4. The van der Waals surface area contributed by atoms with Gasteiger partial charge in [0.2, 0.25) is 11.8 Å². The minimum absolute atomic E-state index is 0.0154. The summed E-state index contributed by atoms with van der Waals surface area (Å²) in [5, 5.41) is 6.88. The van der Waals surface area contributed by atoms with Gasteiger partial charge >= 0.3 is 0 Å². The maximum atomic E-state index is 12.7. The lowest BCUT2D eigenvalue weighted by Crippen LogP contribution is -2.31. The van der Waals surface area contributed by atoms with E-state index < -0.39 is 0 Å². The Labute approximate surface area is 152 Å². The molecule has 1 aliphatic rings. The first kappa shape index (κ1) is 18.1. The highest BCUT2D eigenvalue weighted by atomic mass is 16.5. The van der Waals surface area contributed by atoms with E-state index in [1.807, 2.05) is 37.3 Å². The fourth-order valence-corrected chi connectivity index (χ4v) is 3.10. The molecule has 1 saturated heterocycles. The third kappa shape index (κ3) is 4.28. The van der Waals surface area contributed by atoms with E-state index in [2.05, 4.69) is 15.5 Å². The molecule has 3 rings (SSSR count). The molecule has 7 nitrogen and oxygen atoms in total. The molecule has 0 saturated carbocycles. The Morgan fingerprint density at radius 3 is 2.88 bits per heavy atom. The van der Waals surface area contributed by atoms with Crippen molar-refractivity contribution >= 4 is 11.8 Å². The van der Waals surface area contributed by atoms with Crippen LogP contribution in [0.2, 0.25) is 0 Å². The monoisotopic (exact) mass is 356 g/mol. The van der Waals surface area contributed by atoms with Crippen molar-refractivity contribution in [1.29, 1.82) is 0 Å². The zero-order valence-corrected chi connectivity index (χ0v) is 15.0. The molecular weight excluding hydrogens is 332 g/mol. The zero-order valence-electron chi connectivity index (χ0n) is 15.0. The summed E-state index contributed by atoms with van der Waals surface area (Å²) in [5.41, 5.74) is 0.663. The van der Waals surface area contributed by atoms with Gasteiger partial charge in [-0.15, -0.1) is 0 Å². The molecule has 1 atom stereocenters. The Bertz CT molecular complexity index is 744. The van der Waals surface area contributed by atoms with Crippen LogP contribution >= 0.6 is 0 Å². The van der Waals surface area contributed by atoms with Crippen molar-refractivity contribution < 1.29 is 14.1 Å². The second-order valence-electron chi connectivity index (χ2n) is 6.42. The lowest BCUT2D eigenvalue weighted by Gasteiger charge is -2.22. The number of aromatic nitrogens is 2. The van der Waals surface area contributed by atoms with Gasteiger partial charge in [-0.2, -0.15) is 4.98 Å². The van der Waals surface area contributed by atoms with Gasteiger partial charge in [0, 0.05) is 31.5 Å². The number of rotatable bonds is 7. The quantitative estimate of drug-likeness (QED) is 0.823. The molecule has 1 unspecified atom stereocenters. The van der Waals surface area contributed by atoms with E-state index in [1.165, 1.54) is 0 Å². The Morgan fingerprint density at radius 2 is 2.12 bits per heavy atom. The van der Waals surface area contributed by atoms with Gasteiger partial charge in [-0.05, 0) is 31.4 Å². The summed E-state index contributed by atoms with van der Waals surface area (Å²) in [6.45, 7) is 3.36. The molecule has 138 valence electrons. The topological polar surface area (TPSA) is 88.3 Å². The normalized spacial score (nSPS) is 16.7. The molecule has 0 bridgehead atoms. The largest absolute Gasteiger partial charge is 0.356 e. The van der Waals surface area contributed by atoms with Crippen LogP contribution in [0.5, 0.6) is 0 Å². The van der Waals surface area contributed by atoms with E-state index in [-0.39, 0.29) is 17.9 Å². The van der Waals surface area contributed by atoms with Gasteiger partial charge in [-0.25, -0.2) is 0 Å². The first-order valence-electron chi connectivity index (χ1n) is 9.14. The molecule has 2 amide bonds. The maximum absolute atomic E-state index is 12.7. The van der Waals surface area contributed by atoms with Gasteiger partial charge in [-0.3, -0.25) is 9.59 Å². The van der Waals surface area contributed by atoms with Crippen LogP contribution in [0.1, 0.15) is 60.7 Å². The van der Waals surface area contributed by atoms with E-state index >= 15 is 0 Å². The van der Waals surface area contributed by atoms with E-state index in [1.54, 1.807) is 4.90 Å². The molecule has 0 spiro atoms. The highest BCUT2D eigenvalue weighted by Gasteiger charge is 2.33. The Kier molecular flexibility index (Phi) is 5.99. The first-order valence-corrected chi connectivity index (χ1v) is 9.14. The third-order valence-corrected chi connectivity index (χ3v) is 4.45. The number of amides is 2. The minimum atomic E-state index is -0.172. The fourth-order valence-electron chi connectivity index (χ4n) is 3.10. The minimum Gasteiger partial charge on any atom is -0.356 e. The first-order chi connectivity index (χ1) is 12.7. The summed E-state index contributed by atoms with van der Waals surface area (Å²) >= 11 is 0. The predicted molar refractivity (Wildman–Crippen MR) is 95.4 cm³/mol. The Hall–Kier alpha value is -2.70. The number of benzene rings is 1. The number of likely N-dealkylation sites (tertiary alicyclic amines) is 1. The van der Waals surface area contributed by atoms with Crippen molar-refractivity contribution in [3.05, 3.63) is 47.6 Å². The Balaban J connectivity index is 1.62. The lowest BCUT2D eigenvalue weighted by atomic mass is 10.1. The summed E-state index contributed by atoms with van der Waals surface area (Å²) < 4.78 is 5.29. The molecule has 1 aliphatic heterocycles. The summed E-state index contributed by atoms with van der Waals surface area (Å²) in [7, 11) is 0. The average molecular weight is 356 g/mol. The highest BCUT2D eigenvalue weighted by Crippen LogP contribution is 2.31. The summed E-state index contributed by atoms with van der Waals surface area (Å²) in [6, 6.07) is 9.06. The molecule has 0 aliphatic carbocycles. The summed E-state index contributed by atoms with van der Waals surface area (Å²) in [6.07, 6.45) is 3.35. The Morgan fingerprint density at radius 1 is 1.31 bits per heavy atom. The molecule has 26 heavy (non-hydrogen) atoms. The van der Waals surface area contributed by atoms with Crippen molar-refractivity contribution in [2.45, 2.75) is 45.1 Å². The van der Waals surface area contributed by atoms with Crippen LogP contribution in [0.25, 0.3) is 0 Å². The van der Waals surface area contributed by atoms with Crippen molar-refractivity contribution in [2.75, 3.05) is 13.1 Å². The van der Waals surface area contributed by atoms with Gasteiger partial charge in [0.1, 0.15) is 0 Å². The number of nitrogens with zero attached hydrogens (tertiary/aromatic N) is 3. The number of nitrogens with one attached hydrogen (secondary N) is 1. The lowest BCUT2D eigenvalue weighted by molar-refractivity contribution is -0.121. The second-order valence-corrected chi connectivity index (χ2v) is 6.42. The van der Waals surface area contributed by atoms with E-state index in [0.29, 0.717) is 43.2 Å². The van der Waals surface area contributed by atoms with Crippen LogP contribution in [0.15, 0.2) is 34.9 Å². The van der Waals surface area contributed by atoms with E-state index in [0.717, 1.165) is 19.3 Å². The second kappa shape index (κ2) is 8.60. The van der Waals surface area contributed by atoms with Crippen LogP contribution in [0, 0.1) is 0 Å². The smallest absolute Gasteiger partial charge is 0.254 e. The average Bonchev–Trinajstić information content (AvgIpc) is 3.33. The standard InChI is InChI=1S/C19H24N4O3/c1-2-12-20-16(24)10-11-17-21-18(22-26-17)15-9-6-13-23(15)19(25)14-7-4-3-5-8-14/h3-5,7-8,15H,2,6,9-13H2,1H3,(H,20,24). The van der Waals surface area contributed by atoms with Gasteiger partial charge < -0.3 is 14.7 Å². The summed E-state index contributed by atoms with van der Waals surface area (Å²) in [4.78, 5) is 30.6. The highest BCUT2D eigenvalue weighted by molar-refractivity contribution is 5.94. The van der Waals surface area contributed by atoms with Crippen LogP contribution in [0.4, 0.5) is 0 Å². The third-order valence-electron chi connectivity index (χ3n) is 4.45. The summed E-state index contributed by atoms with van der Waals surface area (Å²) in [5.74, 6) is 0.924.